The first kappa shape index (κ1) is 20.9. The highest BCUT2D eigenvalue weighted by atomic mass is 127. The third-order valence-electron chi connectivity index (χ3n) is 3.24. The fourth-order valence-corrected chi connectivity index (χ4v) is 2.77. The number of hydrogen-bond acceptors (Lipinski definition) is 6. The minimum Gasteiger partial charge on any atom is -0.472 e. The van der Waals surface area contributed by atoms with Crippen LogP contribution in [-0.2, 0) is 9.47 Å². The summed E-state index contributed by atoms with van der Waals surface area (Å²) in [4.78, 5) is 37.9. The summed E-state index contributed by atoms with van der Waals surface area (Å²) in [6, 6.07) is 3.93. The van der Waals surface area contributed by atoms with Gasteiger partial charge in [0.25, 0.3) is 5.91 Å². The van der Waals surface area contributed by atoms with Gasteiger partial charge < -0.3 is 13.9 Å². The van der Waals surface area contributed by atoms with Gasteiger partial charge in [0.05, 0.1) is 24.5 Å². The van der Waals surface area contributed by atoms with Gasteiger partial charge >= 0.3 is 12.1 Å². The summed E-state index contributed by atoms with van der Waals surface area (Å²) in [5, 5.41) is 0. The Balaban J connectivity index is 2.65. The first-order valence-electron chi connectivity index (χ1n) is 7.72. The third kappa shape index (κ3) is 4.65. The molecule has 0 bridgehead atoms. The van der Waals surface area contributed by atoms with E-state index in [0.29, 0.717) is 4.90 Å². The lowest BCUT2D eigenvalue weighted by Crippen LogP contribution is -2.42. The van der Waals surface area contributed by atoms with E-state index in [-0.39, 0.29) is 9.13 Å². The monoisotopic (exact) mass is 489 g/mol. The van der Waals surface area contributed by atoms with Gasteiger partial charge in [0.2, 0.25) is 0 Å². The van der Waals surface area contributed by atoms with Crippen molar-refractivity contribution >= 4 is 46.2 Å². The summed E-state index contributed by atoms with van der Waals surface area (Å²) < 4.78 is 30.0. The number of amides is 2. The maximum Gasteiger partial charge on any atom is 0.422 e. The minimum atomic E-state index is -1.09. The molecule has 2 rings (SSSR count). The van der Waals surface area contributed by atoms with Crippen LogP contribution in [0.25, 0.3) is 0 Å². The van der Waals surface area contributed by atoms with Gasteiger partial charge in [-0.05, 0) is 61.6 Å². The van der Waals surface area contributed by atoms with Gasteiger partial charge in [-0.1, -0.05) is 0 Å². The highest BCUT2D eigenvalue weighted by molar-refractivity contribution is 14.1. The Kier molecular flexibility index (Phi) is 6.24. The molecule has 27 heavy (non-hydrogen) atoms. The zero-order valence-electron chi connectivity index (χ0n) is 15.0. The summed E-state index contributed by atoms with van der Waals surface area (Å²) >= 11 is 1.76. The summed E-state index contributed by atoms with van der Waals surface area (Å²) in [5.74, 6) is -2.88. The van der Waals surface area contributed by atoms with Crippen LogP contribution in [0.3, 0.4) is 0 Å². The fourth-order valence-electron chi connectivity index (χ4n) is 2.11. The number of nitrogens with zero attached hydrogens (tertiary/aromatic N) is 1. The standard InChI is InChI=1S/C18H17FINO6/c1-18(2,3)27-17(24)21(15(22)10-7-8-26-9-10)14-12(20)6-5-11(13(14)19)16(23)25-4/h5-9H,1-4H3. The van der Waals surface area contributed by atoms with Crippen molar-refractivity contribution in [3.8, 4) is 0 Å². The van der Waals surface area contributed by atoms with Crippen LogP contribution >= 0.6 is 22.6 Å². The number of halogens is 2. The van der Waals surface area contributed by atoms with E-state index in [4.69, 9.17) is 9.15 Å². The van der Waals surface area contributed by atoms with Crippen molar-refractivity contribution in [2.75, 3.05) is 12.0 Å². The molecule has 0 fully saturated rings. The number of imide groups is 1. The van der Waals surface area contributed by atoms with Gasteiger partial charge in [-0.3, -0.25) is 4.79 Å². The van der Waals surface area contributed by atoms with E-state index in [1.807, 2.05) is 0 Å². The summed E-state index contributed by atoms with van der Waals surface area (Å²) in [5.41, 5.74) is -1.74. The van der Waals surface area contributed by atoms with Gasteiger partial charge in [0.15, 0.2) is 5.82 Å². The molecule has 0 spiro atoms. The van der Waals surface area contributed by atoms with E-state index in [1.54, 1.807) is 43.4 Å². The molecule has 144 valence electrons. The van der Waals surface area contributed by atoms with E-state index in [9.17, 15) is 14.4 Å². The smallest absolute Gasteiger partial charge is 0.422 e. The number of carbonyl (C=O) groups is 3. The van der Waals surface area contributed by atoms with Crippen LogP contribution in [0.2, 0.25) is 0 Å². The largest absolute Gasteiger partial charge is 0.472 e. The Morgan fingerprint density at radius 3 is 2.37 bits per heavy atom. The fraction of sp³-hybridized carbons (Fsp3) is 0.278. The van der Waals surface area contributed by atoms with Gasteiger partial charge in [0, 0.05) is 3.57 Å². The van der Waals surface area contributed by atoms with Crippen LogP contribution in [0.4, 0.5) is 14.9 Å². The molecule has 0 radical (unpaired) electrons. The van der Waals surface area contributed by atoms with E-state index in [1.165, 1.54) is 24.5 Å². The molecule has 0 N–H and O–H groups in total. The molecule has 1 aromatic heterocycles. The topological polar surface area (TPSA) is 86.0 Å². The number of ether oxygens (including phenoxy) is 2. The SMILES string of the molecule is COC(=O)c1ccc(I)c(N(C(=O)OC(C)(C)C)C(=O)c2ccoc2)c1F. The summed E-state index contributed by atoms with van der Waals surface area (Å²) in [7, 11) is 1.10. The lowest BCUT2D eigenvalue weighted by atomic mass is 10.1. The van der Waals surface area contributed by atoms with Crippen molar-refractivity contribution in [3.63, 3.8) is 0 Å². The Hall–Kier alpha value is -2.43. The van der Waals surface area contributed by atoms with Gasteiger partial charge in [-0.15, -0.1) is 0 Å². The molecule has 0 aliphatic rings. The van der Waals surface area contributed by atoms with E-state index >= 15 is 4.39 Å². The van der Waals surface area contributed by atoms with Crippen molar-refractivity contribution in [2.24, 2.45) is 0 Å². The van der Waals surface area contributed by atoms with Crippen LogP contribution in [0.15, 0.2) is 35.1 Å². The molecule has 0 saturated heterocycles. The van der Waals surface area contributed by atoms with Crippen LogP contribution in [0, 0.1) is 9.39 Å². The zero-order chi connectivity index (χ0) is 20.4. The number of hydrogen-bond donors (Lipinski definition) is 0. The number of anilines is 1. The number of rotatable bonds is 3. The number of carbonyl (C=O) groups excluding carboxylic acids is 3. The van der Waals surface area contributed by atoms with Crippen molar-refractivity contribution in [2.45, 2.75) is 26.4 Å². The predicted molar refractivity (Wildman–Crippen MR) is 102 cm³/mol. The van der Waals surface area contributed by atoms with Crippen molar-refractivity contribution in [1.29, 1.82) is 0 Å². The lowest BCUT2D eigenvalue weighted by Gasteiger charge is -2.27. The maximum absolute atomic E-state index is 15.1. The maximum atomic E-state index is 15.1. The molecule has 9 heteroatoms. The number of furan rings is 1. The van der Waals surface area contributed by atoms with Crippen LogP contribution in [-0.4, -0.2) is 30.7 Å². The van der Waals surface area contributed by atoms with Gasteiger partial charge in [-0.2, -0.15) is 0 Å². The molecule has 0 saturated carbocycles. The molecule has 2 aromatic rings. The summed E-state index contributed by atoms with van der Waals surface area (Å²) in [6.07, 6.45) is 1.27. The highest BCUT2D eigenvalue weighted by Gasteiger charge is 2.35. The molecule has 0 aliphatic carbocycles. The molecular formula is C18H17FINO6. The number of benzene rings is 1. The van der Waals surface area contributed by atoms with Crippen LogP contribution < -0.4 is 4.90 Å². The van der Waals surface area contributed by atoms with Gasteiger partial charge in [-0.25, -0.2) is 18.9 Å². The highest BCUT2D eigenvalue weighted by Crippen LogP contribution is 2.31. The molecule has 7 nitrogen and oxygen atoms in total. The Labute approximate surface area is 168 Å². The van der Waals surface area contributed by atoms with E-state index in [2.05, 4.69) is 4.74 Å². The second-order valence-electron chi connectivity index (χ2n) is 6.38. The van der Waals surface area contributed by atoms with Crippen LogP contribution in [0.5, 0.6) is 0 Å². The molecule has 1 aromatic carbocycles. The molecule has 0 atom stereocenters. The number of esters is 1. The average Bonchev–Trinajstić information content (AvgIpc) is 3.10. The Bertz CT molecular complexity index is 873. The van der Waals surface area contributed by atoms with Crippen molar-refractivity contribution in [3.05, 3.63) is 51.2 Å². The molecular weight excluding hydrogens is 472 g/mol. The van der Waals surface area contributed by atoms with Crippen molar-refractivity contribution < 1.29 is 32.7 Å². The predicted octanol–water partition coefficient (Wildman–Crippen LogP) is 4.39. The Morgan fingerprint density at radius 1 is 1.19 bits per heavy atom. The Morgan fingerprint density at radius 2 is 1.85 bits per heavy atom. The second-order valence-corrected chi connectivity index (χ2v) is 7.54. The van der Waals surface area contributed by atoms with Crippen molar-refractivity contribution in [1.82, 2.24) is 0 Å². The molecule has 2 amide bonds. The average molecular weight is 489 g/mol. The molecule has 0 unspecified atom stereocenters. The van der Waals surface area contributed by atoms with E-state index < -0.39 is 40.6 Å². The normalized spacial score (nSPS) is 11.0. The molecule has 0 aliphatic heterocycles. The second kappa shape index (κ2) is 8.07. The van der Waals surface area contributed by atoms with Gasteiger partial charge in [0.1, 0.15) is 17.6 Å². The minimum absolute atomic E-state index is 0.0135. The quantitative estimate of drug-likeness (QED) is 0.470. The molecule has 1 heterocycles. The first-order chi connectivity index (χ1) is 12.6. The number of methoxy groups -OCH3 is 1. The van der Waals surface area contributed by atoms with E-state index in [0.717, 1.165) is 13.4 Å². The third-order valence-corrected chi connectivity index (χ3v) is 4.11. The summed E-state index contributed by atoms with van der Waals surface area (Å²) in [6.45, 7) is 4.83. The lowest BCUT2D eigenvalue weighted by molar-refractivity contribution is 0.0553. The van der Waals surface area contributed by atoms with Crippen LogP contribution in [0.1, 0.15) is 41.5 Å². The first-order valence-corrected chi connectivity index (χ1v) is 8.80. The zero-order valence-corrected chi connectivity index (χ0v) is 17.2.